The molecule has 0 atom stereocenters. The summed E-state index contributed by atoms with van der Waals surface area (Å²) in [7, 11) is -2.37. The van der Waals surface area contributed by atoms with Crippen molar-refractivity contribution in [2.75, 3.05) is 0 Å². The van der Waals surface area contributed by atoms with E-state index in [1.54, 1.807) is 0 Å². The van der Waals surface area contributed by atoms with Gasteiger partial charge in [-0.2, -0.15) is 0 Å². The highest BCUT2D eigenvalue weighted by molar-refractivity contribution is 8.01. The summed E-state index contributed by atoms with van der Waals surface area (Å²) in [5.74, 6) is 2.59. The zero-order valence-electron chi connectivity index (χ0n) is 13.6. The Labute approximate surface area is 153 Å². The molecule has 4 heteroatoms. The van der Waals surface area contributed by atoms with E-state index < -0.39 is 7.26 Å². The van der Waals surface area contributed by atoms with Gasteiger partial charge in [-0.1, -0.05) is 103 Å². The van der Waals surface area contributed by atoms with E-state index in [0.717, 1.165) is 15.9 Å². The molecular weight excluding hydrogens is 343 g/mol. The van der Waals surface area contributed by atoms with Gasteiger partial charge in [0.15, 0.2) is 0 Å². The molecule has 3 aromatic rings. The van der Waals surface area contributed by atoms with Crippen LogP contribution in [-0.2, 0) is 0 Å². The largest absolute Gasteiger partial charge is 0.389 e. The van der Waals surface area contributed by atoms with Crippen LogP contribution in [0.4, 0.5) is 0 Å². The van der Waals surface area contributed by atoms with E-state index in [4.69, 9.17) is 23.4 Å². The van der Waals surface area contributed by atoms with Gasteiger partial charge in [-0.25, -0.2) is 0 Å². The first kappa shape index (κ1) is 17.3. The lowest BCUT2D eigenvalue weighted by molar-refractivity contribution is 1.59. The van der Waals surface area contributed by atoms with Crippen molar-refractivity contribution in [3.63, 3.8) is 0 Å². The Balaban J connectivity index is 2.49. The van der Waals surface area contributed by atoms with E-state index in [1.807, 2.05) is 54.6 Å². The zero-order valence-corrected chi connectivity index (χ0v) is 15.3. The number of nitrogens with one attached hydrogen (secondary N) is 1. The van der Waals surface area contributed by atoms with E-state index in [9.17, 15) is 0 Å². The Bertz CT molecular complexity index is 821. The molecular formula is C21H18N2PS. The van der Waals surface area contributed by atoms with Crippen molar-refractivity contribution < 1.29 is 0 Å². The second kappa shape index (κ2) is 7.55. The van der Waals surface area contributed by atoms with Gasteiger partial charge >= 0.3 is 0 Å². The second-order valence-electron chi connectivity index (χ2n) is 5.52. The van der Waals surface area contributed by atoms with Gasteiger partial charge in [0.05, 0.1) is 5.31 Å². The lowest BCUT2D eigenvalue weighted by Gasteiger charge is -2.38. The SMILES string of the molecule is N=C=C(C(N)=S)[P](c1ccccc1)(c1ccccc1)c1ccccc1. The number of hydrogen-bond acceptors (Lipinski definition) is 2. The summed E-state index contributed by atoms with van der Waals surface area (Å²) in [6.45, 7) is 0. The van der Waals surface area contributed by atoms with Crippen LogP contribution >= 0.6 is 19.5 Å². The van der Waals surface area contributed by atoms with Gasteiger partial charge in [0.25, 0.3) is 0 Å². The second-order valence-corrected chi connectivity index (χ2v) is 9.29. The first-order chi connectivity index (χ1) is 12.2. The van der Waals surface area contributed by atoms with Crippen molar-refractivity contribution in [3.8, 4) is 0 Å². The quantitative estimate of drug-likeness (QED) is 0.317. The zero-order chi connectivity index (χ0) is 17.7. The number of rotatable bonds is 5. The Kier molecular flexibility index (Phi) is 5.21. The van der Waals surface area contributed by atoms with Gasteiger partial charge in [0.1, 0.15) is 4.99 Å². The average molecular weight is 361 g/mol. The van der Waals surface area contributed by atoms with Gasteiger partial charge < -0.3 is 5.73 Å². The van der Waals surface area contributed by atoms with Crippen molar-refractivity contribution in [3.05, 3.63) is 96.3 Å². The highest BCUT2D eigenvalue weighted by Crippen LogP contribution is 2.61. The highest BCUT2D eigenvalue weighted by Gasteiger charge is 2.39. The third-order valence-corrected chi connectivity index (χ3v) is 8.71. The van der Waals surface area contributed by atoms with E-state index >= 15 is 0 Å². The van der Waals surface area contributed by atoms with Crippen LogP contribution in [-0.4, -0.2) is 10.9 Å². The number of hydrogen-bond donors (Lipinski definition) is 2. The fourth-order valence-corrected chi connectivity index (χ4v) is 7.59. The molecule has 0 aliphatic heterocycles. The minimum Gasteiger partial charge on any atom is -0.389 e. The van der Waals surface area contributed by atoms with Crippen LogP contribution in [0.15, 0.2) is 96.3 Å². The molecule has 123 valence electrons. The molecule has 3 aromatic carbocycles. The molecule has 0 aromatic heterocycles. The van der Waals surface area contributed by atoms with Crippen LogP contribution in [0.25, 0.3) is 0 Å². The molecule has 25 heavy (non-hydrogen) atoms. The third-order valence-electron chi connectivity index (χ3n) is 4.12. The van der Waals surface area contributed by atoms with Crippen LogP contribution < -0.4 is 21.6 Å². The molecule has 0 fully saturated rings. The predicted octanol–water partition coefficient (Wildman–Crippen LogP) is 3.40. The molecule has 3 N–H and O–H groups in total. The number of benzene rings is 3. The van der Waals surface area contributed by atoms with Crippen LogP contribution in [0.3, 0.4) is 0 Å². The van der Waals surface area contributed by atoms with Gasteiger partial charge in [0, 0.05) is 0 Å². The molecule has 3 rings (SSSR count). The van der Waals surface area contributed by atoms with Crippen molar-refractivity contribution in [1.29, 1.82) is 5.41 Å². The number of thiocarbonyl (C=S) groups is 1. The summed E-state index contributed by atoms with van der Waals surface area (Å²) in [5.41, 5.74) is 6.09. The topological polar surface area (TPSA) is 49.9 Å². The van der Waals surface area contributed by atoms with E-state index in [2.05, 4.69) is 42.3 Å². The molecule has 0 heterocycles. The molecule has 1 radical (unpaired) electrons. The maximum atomic E-state index is 7.97. The summed E-state index contributed by atoms with van der Waals surface area (Å²) in [4.78, 5) is 0.222. The molecule has 0 spiro atoms. The average Bonchev–Trinajstić information content (AvgIpc) is 2.68. The Morgan fingerprint density at radius 3 is 1.28 bits per heavy atom. The fraction of sp³-hybridized carbons (Fsp3) is 0. The number of nitrogens with two attached hydrogens (primary N) is 1. The minimum absolute atomic E-state index is 0.222. The fourth-order valence-electron chi connectivity index (χ4n) is 3.10. The lowest BCUT2D eigenvalue weighted by atomic mass is 10.4. The van der Waals surface area contributed by atoms with Crippen LogP contribution in [0.1, 0.15) is 0 Å². The predicted molar refractivity (Wildman–Crippen MR) is 113 cm³/mol. The summed E-state index contributed by atoms with van der Waals surface area (Å²) in [5, 5.41) is 11.9. The van der Waals surface area contributed by atoms with Crippen molar-refractivity contribution in [1.82, 2.24) is 0 Å². The monoisotopic (exact) mass is 361 g/mol. The van der Waals surface area contributed by atoms with E-state index in [1.165, 1.54) is 0 Å². The van der Waals surface area contributed by atoms with Gasteiger partial charge in [-0.15, -0.1) is 0 Å². The van der Waals surface area contributed by atoms with Crippen molar-refractivity contribution in [2.45, 2.75) is 0 Å². The van der Waals surface area contributed by atoms with Gasteiger partial charge in [-0.3, -0.25) is 5.41 Å². The standard InChI is InChI=1S/C21H18N2PS/c22-16-20(21(23)25)24(17-10-4-1-5-11-17,18-12-6-2-7-13-18)19-14-8-3-9-15-19/h1-15,22H,(H2,23,25). The summed E-state index contributed by atoms with van der Waals surface area (Å²) >= 11 is 5.35. The highest BCUT2D eigenvalue weighted by atomic mass is 32.1. The maximum Gasteiger partial charge on any atom is 0.114 e. The molecule has 0 unspecified atom stereocenters. The minimum atomic E-state index is -2.37. The molecule has 0 saturated heterocycles. The summed E-state index contributed by atoms with van der Waals surface area (Å²) < 4.78 is 0. The van der Waals surface area contributed by atoms with Gasteiger partial charge in [0.2, 0.25) is 0 Å². The maximum absolute atomic E-state index is 7.97. The molecule has 0 aliphatic carbocycles. The molecule has 2 nitrogen and oxygen atoms in total. The smallest absolute Gasteiger partial charge is 0.114 e. The van der Waals surface area contributed by atoms with Crippen LogP contribution in [0, 0.1) is 5.41 Å². The molecule has 0 aliphatic rings. The van der Waals surface area contributed by atoms with E-state index in [0.29, 0.717) is 5.31 Å². The lowest BCUT2D eigenvalue weighted by Crippen LogP contribution is -2.36. The van der Waals surface area contributed by atoms with Crippen molar-refractivity contribution in [2.24, 2.45) is 5.73 Å². The molecule has 0 amide bonds. The third kappa shape index (κ3) is 3.06. The first-order valence-corrected chi connectivity index (χ1v) is 10.1. The van der Waals surface area contributed by atoms with Crippen LogP contribution in [0.5, 0.6) is 0 Å². The first-order valence-electron chi connectivity index (χ1n) is 7.87. The molecule has 0 bridgehead atoms. The summed E-state index contributed by atoms with van der Waals surface area (Å²) in [6.07, 6.45) is 0. The Morgan fingerprint density at radius 1 is 0.720 bits per heavy atom. The van der Waals surface area contributed by atoms with E-state index in [-0.39, 0.29) is 4.99 Å². The molecule has 0 saturated carbocycles. The van der Waals surface area contributed by atoms with Crippen molar-refractivity contribution >= 4 is 46.3 Å². The van der Waals surface area contributed by atoms with Gasteiger partial charge in [-0.05, 0) is 29.0 Å². The van der Waals surface area contributed by atoms with Crippen LogP contribution in [0.2, 0.25) is 0 Å². The summed E-state index contributed by atoms with van der Waals surface area (Å²) in [6, 6.07) is 30.6. The normalized spacial score (nSPS) is 10.7. The Morgan fingerprint density at radius 2 is 1.04 bits per heavy atom. The Hall–Kier alpha value is -2.57.